The van der Waals surface area contributed by atoms with Gasteiger partial charge in [-0.15, -0.1) is 0 Å². The van der Waals surface area contributed by atoms with Crippen LogP contribution < -0.4 is 5.32 Å². The molecule has 0 aliphatic rings. The van der Waals surface area contributed by atoms with E-state index in [2.05, 4.69) is 10.1 Å². The summed E-state index contributed by atoms with van der Waals surface area (Å²) in [5.41, 5.74) is 2.71. The van der Waals surface area contributed by atoms with Gasteiger partial charge in [0.15, 0.2) is 0 Å². The van der Waals surface area contributed by atoms with Gasteiger partial charge in [-0.3, -0.25) is 4.79 Å². The molecule has 1 heterocycles. The normalized spacial score (nSPS) is 10.0. The molecule has 0 bridgehead atoms. The summed E-state index contributed by atoms with van der Waals surface area (Å²) in [6, 6.07) is 6.57. The van der Waals surface area contributed by atoms with E-state index in [1.54, 1.807) is 24.3 Å². The molecule has 0 radical (unpaired) electrons. The molecule has 5 heteroatoms. The van der Waals surface area contributed by atoms with Crippen molar-refractivity contribution in [2.24, 2.45) is 0 Å². The number of esters is 1. The average Bonchev–Trinajstić information content (AvgIpc) is 2.85. The Bertz CT molecular complexity index is 601. The van der Waals surface area contributed by atoms with Crippen LogP contribution in [0.5, 0.6) is 0 Å². The molecule has 0 saturated heterocycles. The minimum atomic E-state index is -0.397. The highest BCUT2D eigenvalue weighted by Gasteiger charge is 2.10. The van der Waals surface area contributed by atoms with E-state index in [9.17, 15) is 9.59 Å². The van der Waals surface area contributed by atoms with Gasteiger partial charge in [-0.2, -0.15) is 11.3 Å². The second kappa shape index (κ2) is 5.67. The predicted molar refractivity (Wildman–Crippen MR) is 74.8 cm³/mol. The fraction of sp³-hybridized carbons (Fsp3) is 0.143. The number of carbonyl (C=O) groups is 2. The van der Waals surface area contributed by atoms with Crippen molar-refractivity contribution in [3.05, 3.63) is 51.7 Å². The monoisotopic (exact) mass is 275 g/mol. The van der Waals surface area contributed by atoms with Crippen LogP contribution in [0.3, 0.4) is 0 Å². The van der Waals surface area contributed by atoms with E-state index in [0.29, 0.717) is 16.8 Å². The van der Waals surface area contributed by atoms with Crippen LogP contribution in [-0.4, -0.2) is 19.0 Å². The first-order chi connectivity index (χ1) is 9.11. The highest BCUT2D eigenvalue weighted by atomic mass is 32.1. The molecule has 1 aromatic carbocycles. The topological polar surface area (TPSA) is 55.4 Å². The second-order valence-electron chi connectivity index (χ2n) is 3.99. The van der Waals surface area contributed by atoms with Crippen LogP contribution in [0.25, 0.3) is 0 Å². The summed E-state index contributed by atoms with van der Waals surface area (Å²) in [6.45, 7) is 1.89. The summed E-state index contributed by atoms with van der Waals surface area (Å²) in [7, 11) is 1.33. The van der Waals surface area contributed by atoms with Crippen molar-refractivity contribution in [2.75, 3.05) is 12.4 Å². The maximum Gasteiger partial charge on any atom is 0.337 e. The van der Waals surface area contributed by atoms with Crippen LogP contribution in [0.4, 0.5) is 5.69 Å². The molecule has 0 aliphatic heterocycles. The second-order valence-corrected chi connectivity index (χ2v) is 4.74. The van der Waals surface area contributed by atoms with Gasteiger partial charge in [-0.25, -0.2) is 4.79 Å². The van der Waals surface area contributed by atoms with E-state index in [1.165, 1.54) is 18.4 Å². The summed E-state index contributed by atoms with van der Waals surface area (Å²) in [5.74, 6) is -0.545. The van der Waals surface area contributed by atoms with Crippen molar-refractivity contribution in [1.29, 1.82) is 0 Å². The van der Waals surface area contributed by atoms with Gasteiger partial charge in [-0.1, -0.05) is 0 Å². The molecule has 1 aromatic heterocycles. The maximum absolute atomic E-state index is 12.0. The van der Waals surface area contributed by atoms with Crippen molar-refractivity contribution < 1.29 is 14.3 Å². The van der Waals surface area contributed by atoms with Gasteiger partial charge in [0, 0.05) is 11.1 Å². The molecule has 0 spiro atoms. The zero-order valence-corrected chi connectivity index (χ0v) is 11.4. The molecular weight excluding hydrogens is 262 g/mol. The Morgan fingerprint density at radius 3 is 2.37 bits per heavy atom. The quantitative estimate of drug-likeness (QED) is 0.876. The van der Waals surface area contributed by atoms with Gasteiger partial charge in [-0.05, 0) is 42.1 Å². The number of ether oxygens (including phenoxy) is 1. The first-order valence-electron chi connectivity index (χ1n) is 5.64. The number of rotatable bonds is 3. The summed E-state index contributed by atoms with van der Waals surface area (Å²) in [6.07, 6.45) is 0. The Kier molecular flexibility index (Phi) is 3.97. The van der Waals surface area contributed by atoms with Gasteiger partial charge in [0.2, 0.25) is 0 Å². The lowest BCUT2D eigenvalue weighted by atomic mass is 10.2. The number of methoxy groups -OCH3 is 1. The van der Waals surface area contributed by atoms with Gasteiger partial charge in [0.1, 0.15) is 0 Å². The van der Waals surface area contributed by atoms with Crippen LogP contribution in [0.1, 0.15) is 26.3 Å². The lowest BCUT2D eigenvalue weighted by Crippen LogP contribution is -2.12. The Balaban J connectivity index is 2.10. The summed E-state index contributed by atoms with van der Waals surface area (Å²) in [4.78, 5) is 23.2. The van der Waals surface area contributed by atoms with E-state index in [0.717, 1.165) is 5.56 Å². The Labute approximate surface area is 115 Å². The highest BCUT2D eigenvalue weighted by molar-refractivity contribution is 7.08. The van der Waals surface area contributed by atoms with Gasteiger partial charge < -0.3 is 10.1 Å². The number of aryl methyl sites for hydroxylation is 1. The predicted octanol–water partition coefficient (Wildman–Crippen LogP) is 3.10. The largest absolute Gasteiger partial charge is 0.465 e. The minimum absolute atomic E-state index is 0.149. The number of benzene rings is 1. The van der Waals surface area contributed by atoms with Crippen molar-refractivity contribution in [3.8, 4) is 0 Å². The molecule has 2 aromatic rings. The fourth-order valence-electron chi connectivity index (χ4n) is 1.60. The van der Waals surface area contributed by atoms with Gasteiger partial charge in [0.25, 0.3) is 5.91 Å². The van der Waals surface area contributed by atoms with Crippen LogP contribution in [0, 0.1) is 6.92 Å². The van der Waals surface area contributed by atoms with Crippen LogP contribution >= 0.6 is 11.3 Å². The van der Waals surface area contributed by atoms with Crippen molar-refractivity contribution in [2.45, 2.75) is 6.92 Å². The molecule has 19 heavy (non-hydrogen) atoms. The Morgan fingerprint density at radius 1 is 1.16 bits per heavy atom. The van der Waals surface area contributed by atoms with Gasteiger partial charge in [0.05, 0.1) is 18.2 Å². The third-order valence-corrected chi connectivity index (χ3v) is 3.53. The zero-order valence-electron chi connectivity index (χ0n) is 10.6. The molecule has 0 fully saturated rings. The molecule has 4 nitrogen and oxygen atoms in total. The number of hydrogen-bond donors (Lipinski definition) is 1. The molecule has 1 N–H and O–H groups in total. The molecule has 0 atom stereocenters. The highest BCUT2D eigenvalue weighted by Crippen LogP contribution is 2.17. The number of anilines is 1. The van der Waals surface area contributed by atoms with Crippen molar-refractivity contribution in [1.82, 2.24) is 0 Å². The molecular formula is C14H13NO3S. The number of amides is 1. The third kappa shape index (κ3) is 3.00. The first-order valence-corrected chi connectivity index (χ1v) is 6.58. The molecule has 0 aliphatic carbocycles. The summed E-state index contributed by atoms with van der Waals surface area (Å²) < 4.78 is 4.61. The SMILES string of the molecule is COC(=O)c1ccc(NC(=O)c2cscc2C)cc1. The third-order valence-electron chi connectivity index (χ3n) is 2.66. The molecule has 0 unspecified atom stereocenters. The van der Waals surface area contributed by atoms with Crippen molar-refractivity contribution in [3.63, 3.8) is 0 Å². The smallest absolute Gasteiger partial charge is 0.337 e. The average molecular weight is 275 g/mol. The van der Waals surface area contributed by atoms with Crippen molar-refractivity contribution >= 4 is 28.9 Å². The van der Waals surface area contributed by atoms with Crippen LogP contribution in [0.2, 0.25) is 0 Å². The Hall–Kier alpha value is -2.14. The van der Waals surface area contributed by atoms with Crippen LogP contribution in [-0.2, 0) is 4.74 Å². The Morgan fingerprint density at radius 2 is 1.84 bits per heavy atom. The standard InChI is InChI=1S/C14H13NO3S/c1-9-7-19-8-12(9)13(16)15-11-5-3-10(4-6-11)14(17)18-2/h3-8H,1-2H3,(H,15,16). The van der Waals surface area contributed by atoms with E-state index in [4.69, 9.17) is 0 Å². The minimum Gasteiger partial charge on any atom is -0.465 e. The van der Waals surface area contributed by atoms with E-state index >= 15 is 0 Å². The van der Waals surface area contributed by atoms with E-state index in [1.807, 2.05) is 17.7 Å². The number of carbonyl (C=O) groups excluding carboxylic acids is 2. The van der Waals surface area contributed by atoms with Crippen LogP contribution in [0.15, 0.2) is 35.0 Å². The van der Waals surface area contributed by atoms with E-state index in [-0.39, 0.29) is 5.91 Å². The number of nitrogens with one attached hydrogen (secondary N) is 1. The maximum atomic E-state index is 12.0. The number of hydrogen-bond acceptors (Lipinski definition) is 4. The fourth-order valence-corrected chi connectivity index (χ4v) is 2.43. The summed E-state index contributed by atoms with van der Waals surface area (Å²) >= 11 is 1.49. The van der Waals surface area contributed by atoms with Gasteiger partial charge >= 0.3 is 5.97 Å². The molecule has 0 saturated carbocycles. The molecule has 2 rings (SSSR count). The molecule has 98 valence electrons. The number of thiophene rings is 1. The first kappa shape index (κ1) is 13.3. The lowest BCUT2D eigenvalue weighted by Gasteiger charge is -2.05. The lowest BCUT2D eigenvalue weighted by molar-refractivity contribution is 0.0600. The van der Waals surface area contributed by atoms with E-state index < -0.39 is 5.97 Å². The summed E-state index contributed by atoms with van der Waals surface area (Å²) in [5, 5.41) is 6.52. The zero-order chi connectivity index (χ0) is 13.8. The molecule has 1 amide bonds.